The highest BCUT2D eigenvalue weighted by Crippen LogP contribution is 2.61. The van der Waals surface area contributed by atoms with E-state index in [-0.39, 0.29) is 23.6 Å². The zero-order chi connectivity index (χ0) is 16.2. The van der Waals surface area contributed by atoms with Crippen molar-refractivity contribution in [1.82, 2.24) is 0 Å². The van der Waals surface area contributed by atoms with Crippen LogP contribution < -0.4 is 0 Å². The van der Waals surface area contributed by atoms with Crippen LogP contribution in [0.1, 0.15) is 40.5 Å². The summed E-state index contributed by atoms with van der Waals surface area (Å²) in [5, 5.41) is 0. The van der Waals surface area contributed by atoms with Crippen molar-refractivity contribution in [2.75, 3.05) is 25.0 Å². The molecular formula is C16H26Cl2O4. The number of halogens is 2. The first-order valence-electron chi connectivity index (χ1n) is 8.14. The lowest BCUT2D eigenvalue weighted by Crippen LogP contribution is -2.76. The normalized spacial score (nSPS) is 48.0. The lowest BCUT2D eigenvalue weighted by molar-refractivity contribution is -0.465. The lowest BCUT2D eigenvalue weighted by Gasteiger charge is -2.61. The van der Waals surface area contributed by atoms with Gasteiger partial charge in [0.15, 0.2) is 0 Å². The van der Waals surface area contributed by atoms with Gasteiger partial charge >= 0.3 is 0 Å². The Bertz CT molecular complexity index is 406. The monoisotopic (exact) mass is 352 g/mol. The average molecular weight is 353 g/mol. The first-order chi connectivity index (χ1) is 10.3. The van der Waals surface area contributed by atoms with Crippen molar-refractivity contribution in [3.8, 4) is 0 Å². The fraction of sp³-hybridized carbons (Fsp3) is 1.00. The van der Waals surface area contributed by atoms with Crippen LogP contribution in [-0.2, 0) is 18.9 Å². The Balaban J connectivity index is 2.14. The molecular weight excluding hydrogens is 327 g/mol. The molecule has 4 atom stereocenters. The smallest absolute Gasteiger partial charge is 0.212 e. The van der Waals surface area contributed by atoms with Gasteiger partial charge in [0, 0.05) is 12.8 Å². The third kappa shape index (κ3) is 1.86. The predicted octanol–water partition coefficient (Wildman–Crippen LogP) is 3.53. The Kier molecular flexibility index (Phi) is 4.29. The zero-order valence-corrected chi connectivity index (χ0v) is 15.3. The third-order valence-electron chi connectivity index (χ3n) is 5.82. The van der Waals surface area contributed by atoms with Gasteiger partial charge in [-0.25, -0.2) is 0 Å². The molecule has 3 aliphatic rings. The SMILES string of the molecule is CC(C)[C@@]12CCO[C@]1(CCl)O[C@]1(C(C)C)CCO[C@]1(CCl)O2. The fourth-order valence-corrected chi connectivity index (χ4v) is 5.20. The number of alkyl halides is 2. The summed E-state index contributed by atoms with van der Waals surface area (Å²) in [5.41, 5.74) is -1.27. The molecule has 0 aliphatic carbocycles. The van der Waals surface area contributed by atoms with Crippen LogP contribution in [0.3, 0.4) is 0 Å². The van der Waals surface area contributed by atoms with E-state index in [1.165, 1.54) is 0 Å². The maximum atomic E-state index is 6.69. The largest absolute Gasteiger partial charge is 0.346 e. The number of rotatable bonds is 4. The molecule has 128 valence electrons. The molecule has 3 fully saturated rings. The molecule has 0 unspecified atom stereocenters. The number of hydrogen-bond acceptors (Lipinski definition) is 4. The van der Waals surface area contributed by atoms with E-state index in [1.54, 1.807) is 0 Å². The van der Waals surface area contributed by atoms with Crippen LogP contribution in [0.15, 0.2) is 0 Å². The molecule has 3 rings (SSSR count). The molecule has 0 aromatic rings. The maximum Gasteiger partial charge on any atom is 0.212 e. The quantitative estimate of drug-likeness (QED) is 0.725. The molecule has 0 spiro atoms. The second kappa shape index (κ2) is 5.47. The molecule has 0 saturated carbocycles. The first kappa shape index (κ1) is 17.2. The molecule has 3 aliphatic heterocycles. The van der Waals surface area contributed by atoms with E-state index in [0.717, 1.165) is 12.8 Å². The standard InChI is InChI=1S/C16H26Cl2O4/c1-11(2)13-5-7-19-15(13,9-17)22-14(12(3)4)6-8-20-16(14,10-18)21-13/h11-12H,5-10H2,1-4H3/t13-,14-,15+,16+/m0/s1. The summed E-state index contributed by atoms with van der Waals surface area (Å²) in [6.07, 6.45) is 1.46. The Morgan fingerprint density at radius 2 is 1.14 bits per heavy atom. The second-order valence-corrected chi connectivity index (χ2v) is 7.80. The van der Waals surface area contributed by atoms with Gasteiger partial charge in [-0.3, -0.25) is 0 Å². The van der Waals surface area contributed by atoms with E-state index in [1.807, 2.05) is 0 Å². The Morgan fingerprint density at radius 3 is 1.41 bits per heavy atom. The minimum atomic E-state index is -0.934. The van der Waals surface area contributed by atoms with Gasteiger partial charge < -0.3 is 18.9 Å². The maximum absolute atomic E-state index is 6.69. The minimum Gasteiger partial charge on any atom is -0.346 e. The van der Waals surface area contributed by atoms with Crippen molar-refractivity contribution >= 4 is 23.2 Å². The van der Waals surface area contributed by atoms with Crippen molar-refractivity contribution in [3.63, 3.8) is 0 Å². The van der Waals surface area contributed by atoms with Crippen molar-refractivity contribution in [2.24, 2.45) is 11.8 Å². The highest BCUT2D eigenvalue weighted by molar-refractivity contribution is 6.19. The molecule has 3 saturated heterocycles. The van der Waals surface area contributed by atoms with Crippen molar-refractivity contribution in [3.05, 3.63) is 0 Å². The summed E-state index contributed by atoms with van der Waals surface area (Å²) < 4.78 is 25.5. The van der Waals surface area contributed by atoms with Crippen LogP contribution in [0.2, 0.25) is 0 Å². The van der Waals surface area contributed by atoms with E-state index in [0.29, 0.717) is 13.2 Å². The highest BCUT2D eigenvalue weighted by Gasteiger charge is 2.76. The van der Waals surface area contributed by atoms with E-state index in [2.05, 4.69) is 27.7 Å². The van der Waals surface area contributed by atoms with Gasteiger partial charge in [0.2, 0.25) is 11.6 Å². The first-order valence-corrected chi connectivity index (χ1v) is 9.21. The van der Waals surface area contributed by atoms with Crippen molar-refractivity contribution in [2.45, 2.75) is 63.3 Å². The number of ether oxygens (including phenoxy) is 4. The summed E-state index contributed by atoms with van der Waals surface area (Å²) >= 11 is 12.7. The predicted molar refractivity (Wildman–Crippen MR) is 85.3 cm³/mol. The van der Waals surface area contributed by atoms with E-state index in [9.17, 15) is 0 Å². The van der Waals surface area contributed by atoms with E-state index < -0.39 is 22.8 Å². The Morgan fingerprint density at radius 1 is 0.773 bits per heavy atom. The highest BCUT2D eigenvalue weighted by atomic mass is 35.5. The van der Waals surface area contributed by atoms with E-state index in [4.69, 9.17) is 42.1 Å². The van der Waals surface area contributed by atoms with Crippen LogP contribution in [0.25, 0.3) is 0 Å². The number of hydrogen-bond donors (Lipinski definition) is 0. The van der Waals surface area contributed by atoms with Gasteiger partial charge in [0.1, 0.15) is 11.2 Å². The molecule has 6 heteroatoms. The van der Waals surface area contributed by atoms with Crippen LogP contribution in [0, 0.1) is 11.8 Å². The van der Waals surface area contributed by atoms with Crippen LogP contribution in [0.5, 0.6) is 0 Å². The number of fused-ring (bicyclic) bond motifs is 2. The summed E-state index contributed by atoms with van der Waals surface area (Å²) in [5.74, 6) is -1.06. The van der Waals surface area contributed by atoms with Gasteiger partial charge in [0.25, 0.3) is 0 Å². The second-order valence-electron chi connectivity index (χ2n) is 7.26. The molecule has 0 radical (unpaired) electrons. The minimum absolute atomic E-state index is 0.170. The molecule has 0 bridgehead atoms. The van der Waals surface area contributed by atoms with Gasteiger partial charge in [-0.15, -0.1) is 23.2 Å². The Hall–Kier alpha value is 0.420. The summed E-state index contributed by atoms with van der Waals surface area (Å²) in [7, 11) is 0. The van der Waals surface area contributed by atoms with Gasteiger partial charge in [-0.05, 0) is 11.8 Å². The lowest BCUT2D eigenvalue weighted by atomic mass is 9.74. The molecule has 0 N–H and O–H groups in total. The van der Waals surface area contributed by atoms with E-state index >= 15 is 0 Å². The van der Waals surface area contributed by atoms with Crippen LogP contribution in [0.4, 0.5) is 0 Å². The molecule has 0 aromatic heterocycles. The molecule has 4 nitrogen and oxygen atoms in total. The molecule has 0 aromatic carbocycles. The summed E-state index contributed by atoms with van der Waals surface area (Å²) in [6.45, 7) is 9.57. The molecule has 0 amide bonds. The average Bonchev–Trinajstić information content (AvgIpc) is 3.03. The van der Waals surface area contributed by atoms with Gasteiger partial charge in [-0.2, -0.15) is 0 Å². The van der Waals surface area contributed by atoms with Crippen molar-refractivity contribution in [1.29, 1.82) is 0 Å². The topological polar surface area (TPSA) is 36.9 Å². The Labute approximate surface area is 142 Å². The van der Waals surface area contributed by atoms with Crippen LogP contribution in [-0.4, -0.2) is 47.8 Å². The fourth-order valence-electron chi connectivity index (χ4n) is 4.49. The van der Waals surface area contributed by atoms with Crippen LogP contribution >= 0.6 is 23.2 Å². The van der Waals surface area contributed by atoms with Gasteiger partial charge in [-0.1, -0.05) is 27.7 Å². The molecule has 3 heterocycles. The summed E-state index contributed by atoms with van der Waals surface area (Å²) in [4.78, 5) is 0. The molecule has 22 heavy (non-hydrogen) atoms. The van der Waals surface area contributed by atoms with Gasteiger partial charge in [0.05, 0.1) is 25.0 Å². The zero-order valence-electron chi connectivity index (χ0n) is 13.8. The summed E-state index contributed by atoms with van der Waals surface area (Å²) in [6, 6.07) is 0. The van der Waals surface area contributed by atoms with Crippen molar-refractivity contribution < 1.29 is 18.9 Å². The third-order valence-corrected chi connectivity index (χ3v) is 6.52.